The topological polar surface area (TPSA) is 74.7 Å². The van der Waals surface area contributed by atoms with Crippen LogP contribution in [-0.4, -0.2) is 17.6 Å². The van der Waals surface area contributed by atoms with E-state index < -0.39 is 0 Å². The molecule has 0 aliphatic carbocycles. The normalized spacial score (nSPS) is 11.8. The molecule has 1 aromatic rings. The van der Waals surface area contributed by atoms with Gasteiger partial charge in [0.25, 0.3) is 0 Å². The average molecular weight is 176 g/mol. The number of anilines is 1. The zero-order chi connectivity index (χ0) is 9.68. The van der Waals surface area contributed by atoms with E-state index in [4.69, 9.17) is 11.0 Å². The lowest BCUT2D eigenvalue weighted by molar-refractivity contribution is 0.779. The maximum Gasteiger partial charge on any atom is 0.163 e. The number of nitriles is 1. The number of hydrogen-bond acceptors (Lipinski definition) is 4. The summed E-state index contributed by atoms with van der Waals surface area (Å²) in [6.45, 7) is 2.54. The van der Waals surface area contributed by atoms with Crippen LogP contribution in [-0.2, 0) is 0 Å². The van der Waals surface area contributed by atoms with Crippen LogP contribution in [0.25, 0.3) is 0 Å². The lowest BCUT2D eigenvalue weighted by atomic mass is 10.3. The monoisotopic (exact) mass is 176 g/mol. The maximum atomic E-state index is 8.70. The van der Waals surface area contributed by atoms with Crippen LogP contribution in [0.1, 0.15) is 12.6 Å². The second-order valence-electron chi connectivity index (χ2n) is 2.87. The van der Waals surface area contributed by atoms with E-state index in [2.05, 4.69) is 10.3 Å². The first-order valence-corrected chi connectivity index (χ1v) is 4.08. The quantitative estimate of drug-likeness (QED) is 0.711. The average Bonchev–Trinajstić information content (AvgIpc) is 2.15. The van der Waals surface area contributed by atoms with Crippen molar-refractivity contribution >= 4 is 5.69 Å². The molecule has 1 rings (SSSR count). The second kappa shape index (κ2) is 4.43. The van der Waals surface area contributed by atoms with Gasteiger partial charge in [-0.05, 0) is 19.1 Å². The molecule has 0 amide bonds. The van der Waals surface area contributed by atoms with Crippen LogP contribution >= 0.6 is 0 Å². The Morgan fingerprint density at radius 3 is 3.15 bits per heavy atom. The lowest BCUT2D eigenvalue weighted by Crippen LogP contribution is -2.25. The van der Waals surface area contributed by atoms with Gasteiger partial charge in [-0.1, -0.05) is 0 Å². The van der Waals surface area contributed by atoms with E-state index in [-0.39, 0.29) is 6.04 Å². The fraction of sp³-hybridized carbons (Fsp3) is 0.333. The van der Waals surface area contributed by atoms with Crippen molar-refractivity contribution in [3.8, 4) is 6.07 Å². The summed E-state index contributed by atoms with van der Waals surface area (Å²) in [6.07, 6.45) is 1.59. The number of nitrogens with one attached hydrogen (secondary N) is 1. The minimum Gasteiger partial charge on any atom is -0.381 e. The van der Waals surface area contributed by atoms with E-state index >= 15 is 0 Å². The largest absolute Gasteiger partial charge is 0.381 e. The fourth-order valence-corrected chi connectivity index (χ4v) is 0.908. The highest BCUT2D eigenvalue weighted by molar-refractivity contribution is 5.53. The summed E-state index contributed by atoms with van der Waals surface area (Å²) in [4.78, 5) is 3.91. The van der Waals surface area contributed by atoms with Crippen molar-refractivity contribution in [3.63, 3.8) is 0 Å². The summed E-state index contributed by atoms with van der Waals surface area (Å²) >= 11 is 0. The molecule has 0 aromatic carbocycles. The van der Waals surface area contributed by atoms with Crippen LogP contribution in [0.3, 0.4) is 0 Å². The number of hydrogen-bond donors (Lipinski definition) is 2. The fourth-order valence-electron chi connectivity index (χ4n) is 0.908. The minimum atomic E-state index is 0.0618. The first-order chi connectivity index (χ1) is 6.24. The molecule has 3 N–H and O–H groups in total. The minimum absolute atomic E-state index is 0.0618. The third kappa shape index (κ3) is 2.73. The Hall–Kier alpha value is -1.60. The van der Waals surface area contributed by atoms with Crippen molar-refractivity contribution in [2.45, 2.75) is 13.0 Å². The van der Waals surface area contributed by atoms with Gasteiger partial charge in [-0.2, -0.15) is 5.26 Å². The standard InChI is InChI=1S/C9H12N4/c1-7(11)6-13-8-3-2-4-12-9(8)5-10/h2-4,7,13H,6,11H2,1H3. The van der Waals surface area contributed by atoms with Crippen molar-refractivity contribution in [1.29, 1.82) is 5.26 Å². The van der Waals surface area contributed by atoms with Gasteiger partial charge in [0.05, 0.1) is 5.69 Å². The zero-order valence-electron chi connectivity index (χ0n) is 7.49. The molecule has 0 aliphatic heterocycles. The van der Waals surface area contributed by atoms with E-state index in [0.717, 1.165) is 5.69 Å². The summed E-state index contributed by atoms with van der Waals surface area (Å²) in [7, 11) is 0. The van der Waals surface area contributed by atoms with E-state index in [1.54, 1.807) is 12.3 Å². The van der Waals surface area contributed by atoms with E-state index in [9.17, 15) is 0 Å². The van der Waals surface area contributed by atoms with E-state index in [1.165, 1.54) is 0 Å². The number of aromatic nitrogens is 1. The number of rotatable bonds is 3. The number of nitrogens with zero attached hydrogens (tertiary/aromatic N) is 2. The van der Waals surface area contributed by atoms with Crippen LogP contribution < -0.4 is 11.1 Å². The molecule has 1 atom stereocenters. The highest BCUT2D eigenvalue weighted by atomic mass is 14.9. The second-order valence-corrected chi connectivity index (χ2v) is 2.87. The molecule has 1 aromatic heterocycles. The highest BCUT2D eigenvalue weighted by Gasteiger charge is 2.01. The third-order valence-corrected chi connectivity index (χ3v) is 1.53. The molecule has 0 fully saturated rings. The van der Waals surface area contributed by atoms with E-state index in [0.29, 0.717) is 12.2 Å². The van der Waals surface area contributed by atoms with Crippen LogP contribution in [0.4, 0.5) is 5.69 Å². The molecule has 0 aliphatic rings. The van der Waals surface area contributed by atoms with Gasteiger partial charge in [-0.3, -0.25) is 0 Å². The van der Waals surface area contributed by atoms with Gasteiger partial charge in [0.2, 0.25) is 0 Å². The molecule has 4 nitrogen and oxygen atoms in total. The smallest absolute Gasteiger partial charge is 0.163 e. The Bertz CT molecular complexity index is 314. The third-order valence-electron chi connectivity index (χ3n) is 1.53. The van der Waals surface area contributed by atoms with E-state index in [1.807, 2.05) is 19.1 Å². The first-order valence-electron chi connectivity index (χ1n) is 4.08. The Balaban J connectivity index is 2.71. The van der Waals surface area contributed by atoms with Gasteiger partial charge in [0.1, 0.15) is 6.07 Å². The maximum absolute atomic E-state index is 8.70. The van der Waals surface area contributed by atoms with Crippen molar-refractivity contribution in [2.24, 2.45) is 5.73 Å². The number of pyridine rings is 1. The summed E-state index contributed by atoms with van der Waals surface area (Å²) in [5.74, 6) is 0. The van der Waals surface area contributed by atoms with Crippen molar-refractivity contribution in [2.75, 3.05) is 11.9 Å². The van der Waals surface area contributed by atoms with Gasteiger partial charge < -0.3 is 11.1 Å². The molecular formula is C9H12N4. The molecule has 68 valence electrons. The molecule has 0 radical (unpaired) electrons. The number of nitrogens with two attached hydrogens (primary N) is 1. The highest BCUT2D eigenvalue weighted by Crippen LogP contribution is 2.09. The van der Waals surface area contributed by atoms with Gasteiger partial charge in [0, 0.05) is 18.8 Å². The zero-order valence-corrected chi connectivity index (χ0v) is 7.49. The van der Waals surface area contributed by atoms with Gasteiger partial charge in [-0.25, -0.2) is 4.98 Å². The Morgan fingerprint density at radius 2 is 2.54 bits per heavy atom. The van der Waals surface area contributed by atoms with Crippen LogP contribution in [0.15, 0.2) is 18.3 Å². The molecule has 0 saturated carbocycles. The Kier molecular flexibility index (Phi) is 3.23. The summed E-state index contributed by atoms with van der Waals surface area (Å²) in [5, 5.41) is 11.8. The molecule has 1 unspecified atom stereocenters. The SMILES string of the molecule is CC(N)CNc1cccnc1C#N. The van der Waals surface area contributed by atoms with Gasteiger partial charge in [0.15, 0.2) is 5.69 Å². The van der Waals surface area contributed by atoms with Crippen LogP contribution in [0, 0.1) is 11.3 Å². The predicted molar refractivity (Wildman–Crippen MR) is 51.1 cm³/mol. The molecular weight excluding hydrogens is 164 g/mol. The van der Waals surface area contributed by atoms with Crippen LogP contribution in [0.2, 0.25) is 0 Å². The molecule has 0 spiro atoms. The molecule has 0 bridgehead atoms. The summed E-state index contributed by atoms with van der Waals surface area (Å²) in [5.41, 5.74) is 6.71. The Labute approximate surface area is 77.4 Å². The molecule has 13 heavy (non-hydrogen) atoms. The Morgan fingerprint density at radius 1 is 1.77 bits per heavy atom. The first kappa shape index (κ1) is 9.49. The summed E-state index contributed by atoms with van der Waals surface area (Å²) in [6, 6.07) is 5.66. The molecule has 4 heteroatoms. The van der Waals surface area contributed by atoms with Crippen molar-refractivity contribution in [1.82, 2.24) is 4.98 Å². The van der Waals surface area contributed by atoms with Crippen molar-refractivity contribution < 1.29 is 0 Å². The predicted octanol–water partition coefficient (Wildman–Crippen LogP) is 0.712. The molecule has 0 saturated heterocycles. The van der Waals surface area contributed by atoms with Gasteiger partial charge in [-0.15, -0.1) is 0 Å². The molecule has 1 heterocycles. The summed E-state index contributed by atoms with van der Waals surface area (Å²) < 4.78 is 0. The van der Waals surface area contributed by atoms with Crippen LogP contribution in [0.5, 0.6) is 0 Å². The lowest BCUT2D eigenvalue weighted by Gasteiger charge is -2.08. The van der Waals surface area contributed by atoms with Crippen molar-refractivity contribution in [3.05, 3.63) is 24.0 Å². The van der Waals surface area contributed by atoms with Gasteiger partial charge >= 0.3 is 0 Å².